The Morgan fingerprint density at radius 1 is 1.14 bits per heavy atom. The predicted octanol–water partition coefficient (Wildman–Crippen LogP) is 2.85. The summed E-state index contributed by atoms with van der Waals surface area (Å²) in [6, 6.07) is 15.3. The second-order valence-electron chi connectivity index (χ2n) is 5.17. The molecular formula is C15H16N4O2. The van der Waals surface area contributed by atoms with Crippen LogP contribution in [0.5, 0.6) is 0 Å². The van der Waals surface area contributed by atoms with Crippen LogP contribution in [0.25, 0.3) is 0 Å². The molecule has 1 saturated carbocycles. The quantitative estimate of drug-likeness (QED) is 0.446. The van der Waals surface area contributed by atoms with E-state index < -0.39 is 4.92 Å². The van der Waals surface area contributed by atoms with E-state index in [0.717, 1.165) is 6.42 Å². The van der Waals surface area contributed by atoms with Gasteiger partial charge in [0, 0.05) is 29.8 Å². The summed E-state index contributed by atoms with van der Waals surface area (Å²) in [6.07, 6.45) is 1.03. The number of nitro benzene ring substituents is 1. The minimum Gasteiger partial charge on any atom is -0.381 e. The Balaban J connectivity index is 1.74. The van der Waals surface area contributed by atoms with Crippen LogP contribution in [0.4, 0.5) is 17.1 Å². The normalized spacial score (nSPS) is 19.9. The first kappa shape index (κ1) is 13.4. The highest BCUT2D eigenvalue weighted by Crippen LogP contribution is 2.43. The lowest BCUT2D eigenvalue weighted by atomic mass is 10.1. The molecule has 4 N–H and O–H groups in total. The minimum absolute atomic E-state index is 0.0184. The Kier molecular flexibility index (Phi) is 3.45. The van der Waals surface area contributed by atoms with Crippen LogP contribution in [0, 0.1) is 10.1 Å². The number of hydrogen-bond donors (Lipinski definition) is 3. The molecule has 2 aromatic carbocycles. The van der Waals surface area contributed by atoms with Gasteiger partial charge in [0.1, 0.15) is 0 Å². The molecule has 0 aromatic heterocycles. The molecule has 1 aliphatic rings. The van der Waals surface area contributed by atoms with Crippen molar-refractivity contribution < 1.29 is 4.92 Å². The lowest BCUT2D eigenvalue weighted by Crippen LogP contribution is -2.09. The number of nitrogens with two attached hydrogens (primary N) is 1. The van der Waals surface area contributed by atoms with Crippen molar-refractivity contribution in [3.8, 4) is 0 Å². The zero-order chi connectivity index (χ0) is 14.8. The molecule has 2 aromatic rings. The van der Waals surface area contributed by atoms with Crippen molar-refractivity contribution in [1.29, 1.82) is 0 Å². The van der Waals surface area contributed by atoms with Gasteiger partial charge in [0.15, 0.2) is 0 Å². The molecule has 2 atom stereocenters. The Labute approximate surface area is 122 Å². The van der Waals surface area contributed by atoms with Gasteiger partial charge in [0.05, 0.1) is 10.6 Å². The largest absolute Gasteiger partial charge is 0.381 e. The van der Waals surface area contributed by atoms with Crippen LogP contribution in [-0.4, -0.2) is 11.0 Å². The molecule has 2 unspecified atom stereocenters. The molecule has 0 amide bonds. The van der Waals surface area contributed by atoms with Crippen molar-refractivity contribution in [2.45, 2.75) is 18.4 Å². The van der Waals surface area contributed by atoms with Gasteiger partial charge < -0.3 is 10.7 Å². The van der Waals surface area contributed by atoms with E-state index in [1.165, 1.54) is 17.7 Å². The van der Waals surface area contributed by atoms with Crippen LogP contribution >= 0.6 is 0 Å². The van der Waals surface area contributed by atoms with E-state index in [4.69, 9.17) is 5.84 Å². The van der Waals surface area contributed by atoms with Gasteiger partial charge in [-0.25, -0.2) is 0 Å². The molecule has 0 aliphatic heterocycles. The Hall–Kier alpha value is -2.60. The second-order valence-corrected chi connectivity index (χ2v) is 5.17. The monoisotopic (exact) mass is 284 g/mol. The molecule has 0 heterocycles. The summed E-state index contributed by atoms with van der Waals surface area (Å²) < 4.78 is 0. The maximum absolute atomic E-state index is 10.9. The summed E-state index contributed by atoms with van der Waals surface area (Å²) in [5.74, 6) is 5.81. The van der Waals surface area contributed by atoms with Crippen LogP contribution in [0.1, 0.15) is 17.9 Å². The number of benzene rings is 2. The molecule has 3 rings (SSSR count). The van der Waals surface area contributed by atoms with Crippen LogP contribution in [0.3, 0.4) is 0 Å². The first-order chi connectivity index (χ1) is 10.2. The average molecular weight is 284 g/mol. The third kappa shape index (κ3) is 2.95. The molecule has 0 spiro atoms. The van der Waals surface area contributed by atoms with Gasteiger partial charge in [-0.05, 0) is 18.1 Å². The highest BCUT2D eigenvalue weighted by molar-refractivity contribution is 5.64. The maximum atomic E-state index is 10.9. The number of nitro groups is 1. The van der Waals surface area contributed by atoms with Crippen molar-refractivity contribution in [2.24, 2.45) is 5.84 Å². The number of nitrogens with zero attached hydrogens (tertiary/aromatic N) is 1. The molecule has 21 heavy (non-hydrogen) atoms. The van der Waals surface area contributed by atoms with Gasteiger partial charge in [0.2, 0.25) is 0 Å². The molecule has 0 saturated heterocycles. The number of rotatable bonds is 5. The van der Waals surface area contributed by atoms with E-state index in [1.54, 1.807) is 6.07 Å². The van der Waals surface area contributed by atoms with Gasteiger partial charge in [-0.3, -0.25) is 16.0 Å². The van der Waals surface area contributed by atoms with Crippen molar-refractivity contribution >= 4 is 17.1 Å². The van der Waals surface area contributed by atoms with E-state index in [0.29, 0.717) is 23.3 Å². The predicted molar refractivity (Wildman–Crippen MR) is 82.1 cm³/mol. The maximum Gasteiger partial charge on any atom is 0.273 e. The zero-order valence-corrected chi connectivity index (χ0v) is 11.3. The number of hydrogen-bond acceptors (Lipinski definition) is 5. The van der Waals surface area contributed by atoms with Crippen molar-refractivity contribution in [3.63, 3.8) is 0 Å². The summed E-state index contributed by atoms with van der Waals surface area (Å²) in [5.41, 5.74) is 4.99. The molecule has 1 aliphatic carbocycles. The smallest absolute Gasteiger partial charge is 0.273 e. The summed E-state index contributed by atoms with van der Waals surface area (Å²) in [5, 5.41) is 14.3. The first-order valence-electron chi connectivity index (χ1n) is 6.75. The lowest BCUT2D eigenvalue weighted by molar-refractivity contribution is -0.384. The minimum atomic E-state index is -0.423. The van der Waals surface area contributed by atoms with Gasteiger partial charge in [0.25, 0.3) is 5.69 Å². The van der Waals surface area contributed by atoms with E-state index >= 15 is 0 Å². The summed E-state index contributed by atoms with van der Waals surface area (Å²) in [4.78, 5) is 10.5. The van der Waals surface area contributed by atoms with E-state index in [9.17, 15) is 10.1 Å². The van der Waals surface area contributed by atoms with Gasteiger partial charge in [-0.2, -0.15) is 0 Å². The van der Waals surface area contributed by atoms with Gasteiger partial charge in [-0.15, -0.1) is 0 Å². The van der Waals surface area contributed by atoms with Crippen LogP contribution in [0.2, 0.25) is 0 Å². The van der Waals surface area contributed by atoms with Gasteiger partial charge in [-0.1, -0.05) is 30.3 Å². The second kappa shape index (κ2) is 5.41. The highest BCUT2D eigenvalue weighted by Gasteiger charge is 2.38. The fourth-order valence-electron chi connectivity index (χ4n) is 2.52. The third-order valence-electron chi connectivity index (χ3n) is 3.67. The SMILES string of the molecule is NNc1cc(NC2CC2c2ccccc2)cc([N+](=O)[O-])c1. The summed E-state index contributed by atoms with van der Waals surface area (Å²) >= 11 is 0. The van der Waals surface area contributed by atoms with Crippen LogP contribution in [0.15, 0.2) is 48.5 Å². The molecule has 1 fully saturated rings. The highest BCUT2D eigenvalue weighted by atomic mass is 16.6. The van der Waals surface area contributed by atoms with Crippen molar-refractivity contribution in [3.05, 3.63) is 64.2 Å². The lowest BCUT2D eigenvalue weighted by Gasteiger charge is -2.08. The molecule has 0 radical (unpaired) electrons. The van der Waals surface area contributed by atoms with Crippen LogP contribution in [-0.2, 0) is 0 Å². The Morgan fingerprint density at radius 3 is 2.52 bits per heavy atom. The molecule has 6 nitrogen and oxygen atoms in total. The first-order valence-corrected chi connectivity index (χ1v) is 6.75. The fourth-order valence-corrected chi connectivity index (χ4v) is 2.52. The molecule has 6 heteroatoms. The topological polar surface area (TPSA) is 93.2 Å². The summed E-state index contributed by atoms with van der Waals surface area (Å²) in [6.45, 7) is 0. The fraction of sp³-hybridized carbons (Fsp3) is 0.200. The Bertz CT molecular complexity index is 660. The van der Waals surface area contributed by atoms with E-state index in [-0.39, 0.29) is 5.69 Å². The van der Waals surface area contributed by atoms with Crippen molar-refractivity contribution in [1.82, 2.24) is 0 Å². The third-order valence-corrected chi connectivity index (χ3v) is 3.67. The number of nitrogens with one attached hydrogen (secondary N) is 2. The molecule has 0 bridgehead atoms. The number of hydrazine groups is 1. The van der Waals surface area contributed by atoms with E-state index in [2.05, 4.69) is 22.9 Å². The number of anilines is 2. The Morgan fingerprint density at radius 2 is 1.86 bits per heavy atom. The number of nitrogen functional groups attached to an aromatic ring is 1. The number of non-ortho nitro benzene ring substituents is 1. The average Bonchev–Trinajstić information content (AvgIpc) is 3.27. The van der Waals surface area contributed by atoms with Gasteiger partial charge >= 0.3 is 0 Å². The molecule has 108 valence electrons. The van der Waals surface area contributed by atoms with E-state index in [1.807, 2.05) is 18.2 Å². The zero-order valence-electron chi connectivity index (χ0n) is 11.3. The standard InChI is InChI=1S/C15H16N4O2/c16-18-12-6-11(7-13(8-12)19(20)21)17-15-9-14(15)10-4-2-1-3-5-10/h1-8,14-15,17-18H,9,16H2. The summed E-state index contributed by atoms with van der Waals surface area (Å²) in [7, 11) is 0. The molecular weight excluding hydrogens is 268 g/mol. The van der Waals surface area contributed by atoms with Crippen LogP contribution < -0.4 is 16.6 Å². The van der Waals surface area contributed by atoms with Crippen molar-refractivity contribution in [2.75, 3.05) is 10.7 Å².